The van der Waals surface area contributed by atoms with E-state index in [0.717, 1.165) is 19.3 Å². The summed E-state index contributed by atoms with van der Waals surface area (Å²) < 4.78 is 4.37. The third kappa shape index (κ3) is 3.61. The lowest BCUT2D eigenvalue weighted by Crippen LogP contribution is -2.58. The number of rotatable bonds is 4. The van der Waals surface area contributed by atoms with E-state index < -0.39 is 23.5 Å². The van der Waals surface area contributed by atoms with Crippen LogP contribution in [-0.2, 0) is 14.3 Å². The zero-order valence-corrected chi connectivity index (χ0v) is 10.3. The number of urea groups is 1. The topological polar surface area (TPSA) is 105 Å². The molecule has 0 aliphatic heterocycles. The van der Waals surface area contributed by atoms with Gasteiger partial charge in [0.2, 0.25) is 0 Å². The molecule has 3 N–H and O–H groups in total. The lowest BCUT2D eigenvalue weighted by atomic mass is 9.82. The molecule has 1 fully saturated rings. The molecular weight excluding hydrogens is 240 g/mol. The molecule has 0 unspecified atom stereocenters. The average molecular weight is 258 g/mol. The molecule has 7 nitrogen and oxygen atoms in total. The van der Waals surface area contributed by atoms with Crippen LogP contribution in [-0.4, -0.2) is 42.3 Å². The van der Waals surface area contributed by atoms with Crippen molar-refractivity contribution in [3.05, 3.63) is 0 Å². The first-order valence-electron chi connectivity index (χ1n) is 5.86. The van der Waals surface area contributed by atoms with Gasteiger partial charge in [-0.15, -0.1) is 0 Å². The second kappa shape index (κ2) is 6.23. The summed E-state index contributed by atoms with van der Waals surface area (Å²) in [4.78, 5) is 33.7. The molecule has 0 spiro atoms. The lowest BCUT2D eigenvalue weighted by Gasteiger charge is -2.33. The largest absolute Gasteiger partial charge is 0.480 e. The number of carboxylic acid groups (broad SMARTS) is 1. The van der Waals surface area contributed by atoms with Gasteiger partial charge in [0, 0.05) is 0 Å². The first kappa shape index (κ1) is 14.3. The van der Waals surface area contributed by atoms with Gasteiger partial charge in [-0.2, -0.15) is 0 Å². The number of nitrogens with one attached hydrogen (secondary N) is 2. The van der Waals surface area contributed by atoms with Crippen LogP contribution >= 0.6 is 0 Å². The highest BCUT2D eigenvalue weighted by molar-refractivity contribution is 5.87. The van der Waals surface area contributed by atoms with Crippen LogP contribution in [0.15, 0.2) is 0 Å². The van der Waals surface area contributed by atoms with Crippen LogP contribution < -0.4 is 10.6 Å². The van der Waals surface area contributed by atoms with E-state index in [1.165, 1.54) is 7.11 Å². The number of aliphatic carboxylic acids is 1. The van der Waals surface area contributed by atoms with Gasteiger partial charge in [-0.25, -0.2) is 9.59 Å². The molecule has 1 aliphatic rings. The van der Waals surface area contributed by atoms with Crippen molar-refractivity contribution < 1.29 is 24.2 Å². The van der Waals surface area contributed by atoms with Gasteiger partial charge >= 0.3 is 18.0 Å². The van der Waals surface area contributed by atoms with Crippen LogP contribution in [0, 0.1) is 0 Å². The Labute approximate surface area is 105 Å². The van der Waals surface area contributed by atoms with Crippen molar-refractivity contribution in [2.75, 3.05) is 13.7 Å². The average Bonchev–Trinajstić information content (AvgIpc) is 2.36. The van der Waals surface area contributed by atoms with Crippen LogP contribution in [0.3, 0.4) is 0 Å². The second-order valence-corrected chi connectivity index (χ2v) is 4.33. The molecule has 1 rings (SSSR count). The second-order valence-electron chi connectivity index (χ2n) is 4.33. The molecular formula is C11H18N2O5. The maximum Gasteiger partial charge on any atom is 0.329 e. The van der Waals surface area contributed by atoms with Gasteiger partial charge in [0.15, 0.2) is 0 Å². The number of carboxylic acids is 1. The molecule has 0 aromatic rings. The Morgan fingerprint density at radius 2 is 1.83 bits per heavy atom. The van der Waals surface area contributed by atoms with Crippen molar-refractivity contribution in [3.63, 3.8) is 0 Å². The molecule has 2 amide bonds. The van der Waals surface area contributed by atoms with E-state index in [1.807, 2.05) is 0 Å². The maximum atomic E-state index is 11.5. The van der Waals surface area contributed by atoms with E-state index in [9.17, 15) is 19.5 Å². The van der Waals surface area contributed by atoms with Gasteiger partial charge in [-0.05, 0) is 12.8 Å². The summed E-state index contributed by atoms with van der Waals surface area (Å²) in [6.45, 7) is -0.280. The zero-order chi connectivity index (χ0) is 13.6. The van der Waals surface area contributed by atoms with Gasteiger partial charge in [0.05, 0.1) is 7.11 Å². The van der Waals surface area contributed by atoms with Crippen molar-refractivity contribution in [2.24, 2.45) is 0 Å². The molecule has 7 heteroatoms. The van der Waals surface area contributed by atoms with Crippen molar-refractivity contribution in [1.29, 1.82) is 0 Å². The number of esters is 1. The van der Waals surface area contributed by atoms with E-state index in [2.05, 4.69) is 15.4 Å². The van der Waals surface area contributed by atoms with Crippen LogP contribution in [0.5, 0.6) is 0 Å². The van der Waals surface area contributed by atoms with Crippen LogP contribution in [0.1, 0.15) is 32.1 Å². The van der Waals surface area contributed by atoms with E-state index in [4.69, 9.17) is 0 Å². The maximum absolute atomic E-state index is 11.5. The summed E-state index contributed by atoms with van der Waals surface area (Å²) in [7, 11) is 1.21. The standard InChI is InChI=1S/C11H18N2O5/c1-18-8(14)7-12-10(17)13-11(9(15)16)5-3-2-4-6-11/h2-7H2,1H3,(H,15,16)(H2,12,13,17). The van der Waals surface area contributed by atoms with Gasteiger partial charge in [-0.3, -0.25) is 4.79 Å². The van der Waals surface area contributed by atoms with Crippen LogP contribution in [0.4, 0.5) is 4.79 Å². The molecule has 102 valence electrons. The molecule has 0 saturated heterocycles. The molecule has 0 atom stereocenters. The summed E-state index contributed by atoms with van der Waals surface area (Å²) >= 11 is 0. The smallest absolute Gasteiger partial charge is 0.329 e. The molecule has 0 heterocycles. The highest BCUT2D eigenvalue weighted by Crippen LogP contribution is 2.28. The Balaban J connectivity index is 2.53. The van der Waals surface area contributed by atoms with E-state index in [1.54, 1.807) is 0 Å². The number of amides is 2. The van der Waals surface area contributed by atoms with Crippen LogP contribution in [0.25, 0.3) is 0 Å². The summed E-state index contributed by atoms with van der Waals surface area (Å²) in [6, 6.07) is -0.662. The molecule has 0 bridgehead atoms. The fourth-order valence-electron chi connectivity index (χ4n) is 2.03. The van der Waals surface area contributed by atoms with Crippen molar-refractivity contribution >= 4 is 18.0 Å². The van der Waals surface area contributed by atoms with Crippen molar-refractivity contribution in [2.45, 2.75) is 37.6 Å². The predicted octanol–water partition coefficient (Wildman–Crippen LogP) is 0.246. The quantitative estimate of drug-likeness (QED) is 0.627. The Hall–Kier alpha value is -1.79. The third-order valence-corrected chi connectivity index (χ3v) is 3.09. The van der Waals surface area contributed by atoms with E-state index in [-0.39, 0.29) is 6.54 Å². The fourth-order valence-corrected chi connectivity index (χ4v) is 2.03. The van der Waals surface area contributed by atoms with E-state index in [0.29, 0.717) is 12.8 Å². The minimum atomic E-state index is -1.21. The molecule has 1 aliphatic carbocycles. The van der Waals surface area contributed by atoms with E-state index >= 15 is 0 Å². The first-order valence-corrected chi connectivity index (χ1v) is 5.86. The highest BCUT2D eigenvalue weighted by Gasteiger charge is 2.40. The Kier molecular flexibility index (Phi) is 4.94. The van der Waals surface area contributed by atoms with Crippen molar-refractivity contribution in [1.82, 2.24) is 10.6 Å². The summed E-state index contributed by atoms with van der Waals surface area (Å²) in [5.74, 6) is -1.62. The number of carbonyl (C=O) groups is 3. The Bertz CT molecular complexity index is 336. The Morgan fingerprint density at radius 3 is 2.33 bits per heavy atom. The first-order chi connectivity index (χ1) is 8.50. The van der Waals surface area contributed by atoms with Gasteiger partial charge < -0.3 is 20.5 Å². The van der Waals surface area contributed by atoms with Crippen LogP contribution in [0.2, 0.25) is 0 Å². The zero-order valence-electron chi connectivity index (χ0n) is 10.3. The number of hydrogen-bond acceptors (Lipinski definition) is 4. The third-order valence-electron chi connectivity index (χ3n) is 3.09. The number of methoxy groups -OCH3 is 1. The lowest BCUT2D eigenvalue weighted by molar-refractivity contribution is -0.145. The van der Waals surface area contributed by atoms with Gasteiger partial charge in [0.1, 0.15) is 12.1 Å². The van der Waals surface area contributed by atoms with Gasteiger partial charge in [-0.1, -0.05) is 19.3 Å². The number of carbonyl (C=O) groups excluding carboxylic acids is 2. The molecule has 0 aromatic carbocycles. The van der Waals surface area contributed by atoms with Gasteiger partial charge in [0.25, 0.3) is 0 Å². The highest BCUT2D eigenvalue weighted by atomic mass is 16.5. The minimum Gasteiger partial charge on any atom is -0.480 e. The summed E-state index contributed by atoms with van der Waals surface area (Å²) in [5, 5.41) is 14.0. The Morgan fingerprint density at radius 1 is 1.22 bits per heavy atom. The predicted molar refractivity (Wildman–Crippen MR) is 62.0 cm³/mol. The number of hydrogen-bond donors (Lipinski definition) is 3. The normalized spacial score (nSPS) is 17.6. The molecule has 0 aromatic heterocycles. The minimum absolute atomic E-state index is 0.280. The molecule has 0 radical (unpaired) electrons. The molecule has 1 saturated carbocycles. The fraction of sp³-hybridized carbons (Fsp3) is 0.727. The van der Waals surface area contributed by atoms with Crippen molar-refractivity contribution in [3.8, 4) is 0 Å². The monoisotopic (exact) mass is 258 g/mol. The number of ether oxygens (including phenoxy) is 1. The summed E-state index contributed by atoms with van der Waals surface area (Å²) in [6.07, 6.45) is 3.33. The molecule has 18 heavy (non-hydrogen) atoms. The SMILES string of the molecule is COC(=O)CNC(=O)NC1(C(=O)O)CCCCC1. The summed E-state index contributed by atoms with van der Waals surface area (Å²) in [5.41, 5.74) is -1.21.